The molecule has 1 fully saturated rings. The third kappa shape index (κ3) is 1.93. The highest BCUT2D eigenvalue weighted by Crippen LogP contribution is 2.34. The van der Waals surface area contributed by atoms with Crippen molar-refractivity contribution in [1.29, 1.82) is 0 Å². The Bertz CT molecular complexity index is 579. The summed E-state index contributed by atoms with van der Waals surface area (Å²) in [6, 6.07) is 7.95. The second-order valence-corrected chi connectivity index (χ2v) is 4.96. The lowest BCUT2D eigenvalue weighted by molar-refractivity contribution is 0.399. The number of hydrogen-bond acceptors (Lipinski definition) is 3. The van der Waals surface area contributed by atoms with Gasteiger partial charge in [0.05, 0.1) is 17.6 Å². The molecule has 94 valence electrons. The van der Waals surface area contributed by atoms with Gasteiger partial charge in [0.15, 0.2) is 0 Å². The van der Waals surface area contributed by atoms with Crippen molar-refractivity contribution >= 4 is 22.5 Å². The summed E-state index contributed by atoms with van der Waals surface area (Å²) in [5.74, 6) is 1.14. The van der Waals surface area contributed by atoms with Gasteiger partial charge in [-0.1, -0.05) is 17.7 Å². The molecule has 0 bridgehead atoms. The first kappa shape index (κ1) is 11.8. The van der Waals surface area contributed by atoms with Crippen LogP contribution in [-0.4, -0.2) is 25.2 Å². The number of ether oxygens (including phenoxy) is 1. The molecule has 1 saturated heterocycles. The largest absolute Gasteiger partial charge is 0.481 e. The fourth-order valence-corrected chi connectivity index (χ4v) is 2.89. The summed E-state index contributed by atoms with van der Waals surface area (Å²) >= 11 is 6.51. The molecule has 0 radical (unpaired) electrons. The summed E-state index contributed by atoms with van der Waals surface area (Å²) < 4.78 is 5.13. The van der Waals surface area contributed by atoms with Crippen LogP contribution in [0.25, 0.3) is 10.9 Å². The highest BCUT2D eigenvalue weighted by Gasteiger charge is 2.20. The molecular weight excluding hydrogens is 248 g/mol. The summed E-state index contributed by atoms with van der Waals surface area (Å²) in [5, 5.41) is 5.20. The molecular formula is C14H15ClN2O. The number of benzene rings is 1. The minimum absolute atomic E-state index is 0.518. The molecule has 2 heterocycles. The van der Waals surface area contributed by atoms with Crippen molar-refractivity contribution in [3.8, 4) is 5.88 Å². The monoisotopic (exact) mass is 262 g/mol. The first-order valence-corrected chi connectivity index (χ1v) is 6.51. The van der Waals surface area contributed by atoms with Crippen LogP contribution < -0.4 is 10.1 Å². The molecule has 1 aromatic heterocycles. The van der Waals surface area contributed by atoms with E-state index in [2.05, 4.69) is 16.4 Å². The number of fused-ring (bicyclic) bond motifs is 1. The van der Waals surface area contributed by atoms with Crippen molar-refractivity contribution in [2.75, 3.05) is 20.2 Å². The van der Waals surface area contributed by atoms with Crippen molar-refractivity contribution in [1.82, 2.24) is 10.3 Å². The zero-order chi connectivity index (χ0) is 12.5. The molecule has 3 rings (SSSR count). The van der Waals surface area contributed by atoms with E-state index in [0.29, 0.717) is 11.8 Å². The van der Waals surface area contributed by atoms with E-state index in [1.54, 1.807) is 7.11 Å². The molecule has 1 unspecified atom stereocenters. The minimum atomic E-state index is 0.518. The van der Waals surface area contributed by atoms with Gasteiger partial charge in [-0.05, 0) is 36.6 Å². The Labute approximate surface area is 111 Å². The molecule has 0 saturated carbocycles. The molecule has 1 aliphatic heterocycles. The molecule has 4 heteroatoms. The van der Waals surface area contributed by atoms with Crippen molar-refractivity contribution in [3.05, 3.63) is 34.9 Å². The number of halogens is 1. The van der Waals surface area contributed by atoms with Gasteiger partial charge < -0.3 is 10.1 Å². The third-order valence-corrected chi connectivity index (χ3v) is 3.94. The fraction of sp³-hybridized carbons (Fsp3) is 0.357. The van der Waals surface area contributed by atoms with Gasteiger partial charge in [0.2, 0.25) is 5.88 Å². The van der Waals surface area contributed by atoms with Crippen LogP contribution in [0.4, 0.5) is 0 Å². The predicted octanol–water partition coefficient (Wildman–Crippen LogP) is 2.97. The molecule has 1 N–H and O–H groups in total. The number of rotatable bonds is 2. The molecule has 0 aliphatic carbocycles. The van der Waals surface area contributed by atoms with Crippen LogP contribution in [-0.2, 0) is 0 Å². The maximum Gasteiger partial charge on any atom is 0.213 e. The third-order valence-electron chi connectivity index (χ3n) is 3.52. The van der Waals surface area contributed by atoms with Gasteiger partial charge in [0.1, 0.15) is 0 Å². The number of aromatic nitrogens is 1. The highest BCUT2D eigenvalue weighted by molar-refractivity contribution is 6.36. The van der Waals surface area contributed by atoms with Crippen LogP contribution >= 0.6 is 11.6 Å². The van der Waals surface area contributed by atoms with Gasteiger partial charge in [0.25, 0.3) is 0 Å². The topological polar surface area (TPSA) is 34.1 Å². The second kappa shape index (κ2) is 4.75. The minimum Gasteiger partial charge on any atom is -0.481 e. The van der Waals surface area contributed by atoms with Crippen LogP contribution in [0.1, 0.15) is 17.9 Å². The lowest BCUT2D eigenvalue weighted by Crippen LogP contribution is -2.08. The Morgan fingerprint density at radius 3 is 2.94 bits per heavy atom. The highest BCUT2D eigenvalue weighted by atomic mass is 35.5. The van der Waals surface area contributed by atoms with Crippen LogP contribution in [0.5, 0.6) is 5.88 Å². The molecule has 0 amide bonds. The van der Waals surface area contributed by atoms with E-state index in [0.717, 1.165) is 35.4 Å². The van der Waals surface area contributed by atoms with Crippen LogP contribution in [0.15, 0.2) is 24.3 Å². The summed E-state index contributed by atoms with van der Waals surface area (Å²) in [7, 11) is 1.62. The van der Waals surface area contributed by atoms with Crippen molar-refractivity contribution in [3.63, 3.8) is 0 Å². The van der Waals surface area contributed by atoms with Crippen molar-refractivity contribution in [2.24, 2.45) is 0 Å². The quantitative estimate of drug-likeness (QED) is 0.904. The molecule has 18 heavy (non-hydrogen) atoms. The average molecular weight is 263 g/mol. The standard InChI is InChI=1S/C14H15ClN2O/c1-18-13-5-3-11-12(17-13)4-2-10(14(11)15)9-6-7-16-8-9/h2-5,9,16H,6-8H2,1H3. The molecule has 1 atom stereocenters. The SMILES string of the molecule is COc1ccc2c(Cl)c(C3CCNC3)ccc2n1. The van der Waals surface area contributed by atoms with E-state index in [-0.39, 0.29) is 0 Å². The van der Waals surface area contributed by atoms with E-state index in [4.69, 9.17) is 16.3 Å². The second-order valence-electron chi connectivity index (χ2n) is 4.58. The normalized spacial score (nSPS) is 19.3. The fourth-order valence-electron chi connectivity index (χ4n) is 2.52. The maximum absolute atomic E-state index is 6.51. The van der Waals surface area contributed by atoms with Gasteiger partial charge in [-0.25, -0.2) is 4.98 Å². The van der Waals surface area contributed by atoms with Gasteiger partial charge in [-0.2, -0.15) is 0 Å². The van der Waals surface area contributed by atoms with E-state index in [1.165, 1.54) is 5.56 Å². The number of nitrogens with one attached hydrogen (secondary N) is 1. The Kier molecular flexibility index (Phi) is 3.10. The first-order valence-electron chi connectivity index (χ1n) is 6.13. The number of nitrogens with zero attached hydrogens (tertiary/aromatic N) is 1. The summed E-state index contributed by atoms with van der Waals surface area (Å²) in [6.45, 7) is 2.08. The molecule has 0 spiro atoms. The Morgan fingerprint density at radius 1 is 1.33 bits per heavy atom. The number of pyridine rings is 1. The summed E-state index contributed by atoms with van der Waals surface area (Å²) in [4.78, 5) is 4.40. The number of methoxy groups -OCH3 is 1. The van der Waals surface area contributed by atoms with E-state index >= 15 is 0 Å². The Hall–Kier alpha value is -1.32. The first-order chi connectivity index (χ1) is 8.79. The molecule has 1 aliphatic rings. The Morgan fingerprint density at radius 2 is 2.22 bits per heavy atom. The van der Waals surface area contributed by atoms with Crippen molar-refractivity contribution in [2.45, 2.75) is 12.3 Å². The van der Waals surface area contributed by atoms with Crippen LogP contribution in [0, 0.1) is 0 Å². The smallest absolute Gasteiger partial charge is 0.213 e. The zero-order valence-corrected chi connectivity index (χ0v) is 11.0. The van der Waals surface area contributed by atoms with Crippen LogP contribution in [0.2, 0.25) is 5.02 Å². The molecule has 2 aromatic rings. The lowest BCUT2D eigenvalue weighted by Gasteiger charge is -2.13. The van der Waals surface area contributed by atoms with Gasteiger partial charge in [-0.3, -0.25) is 0 Å². The Balaban J connectivity index is 2.10. The van der Waals surface area contributed by atoms with E-state index in [9.17, 15) is 0 Å². The van der Waals surface area contributed by atoms with Crippen LogP contribution in [0.3, 0.4) is 0 Å². The van der Waals surface area contributed by atoms with Gasteiger partial charge >= 0.3 is 0 Å². The van der Waals surface area contributed by atoms with E-state index in [1.807, 2.05) is 18.2 Å². The van der Waals surface area contributed by atoms with E-state index < -0.39 is 0 Å². The van der Waals surface area contributed by atoms with Gasteiger partial charge in [-0.15, -0.1) is 0 Å². The summed E-state index contributed by atoms with van der Waals surface area (Å²) in [6.07, 6.45) is 1.15. The zero-order valence-electron chi connectivity index (χ0n) is 10.2. The summed E-state index contributed by atoms with van der Waals surface area (Å²) in [5.41, 5.74) is 2.11. The molecule has 3 nitrogen and oxygen atoms in total. The maximum atomic E-state index is 6.51. The average Bonchev–Trinajstić information content (AvgIpc) is 2.92. The van der Waals surface area contributed by atoms with Crippen molar-refractivity contribution < 1.29 is 4.74 Å². The number of hydrogen-bond donors (Lipinski definition) is 1. The predicted molar refractivity (Wildman–Crippen MR) is 73.5 cm³/mol. The van der Waals surface area contributed by atoms with Gasteiger partial charge in [0, 0.05) is 18.0 Å². The molecule has 1 aromatic carbocycles. The lowest BCUT2D eigenvalue weighted by atomic mass is 9.96.